The van der Waals surface area contributed by atoms with Gasteiger partial charge >= 0.3 is 0 Å². The van der Waals surface area contributed by atoms with Crippen molar-refractivity contribution in [3.8, 4) is 17.2 Å². The Kier molecular flexibility index (Phi) is 7.37. The van der Waals surface area contributed by atoms with Crippen LogP contribution >= 0.6 is 0 Å². The van der Waals surface area contributed by atoms with Gasteiger partial charge in [0.15, 0.2) is 6.61 Å². The Balaban J connectivity index is 1.24. The topological polar surface area (TPSA) is 68.3 Å². The number of carbonyl (C=O) groups is 2. The maximum atomic E-state index is 12.8. The van der Waals surface area contributed by atoms with Crippen molar-refractivity contribution in [2.45, 2.75) is 32.1 Å². The second-order valence-electron chi connectivity index (χ2n) is 8.64. The fraction of sp³-hybridized carbons (Fsp3) is 0.462. The van der Waals surface area contributed by atoms with Crippen molar-refractivity contribution >= 4 is 17.5 Å². The normalized spacial score (nSPS) is 16.2. The Hall–Kier alpha value is -3.22. The summed E-state index contributed by atoms with van der Waals surface area (Å²) in [5, 5.41) is 0. The Bertz CT molecular complexity index is 962. The van der Waals surface area contributed by atoms with E-state index < -0.39 is 0 Å². The van der Waals surface area contributed by atoms with Crippen molar-refractivity contribution in [3.05, 3.63) is 48.0 Å². The van der Waals surface area contributed by atoms with E-state index in [0.717, 1.165) is 56.0 Å². The van der Waals surface area contributed by atoms with Gasteiger partial charge in [-0.15, -0.1) is 0 Å². The lowest BCUT2D eigenvalue weighted by Gasteiger charge is -2.33. The summed E-state index contributed by atoms with van der Waals surface area (Å²) in [7, 11) is 3.33. The van der Waals surface area contributed by atoms with Crippen LogP contribution in [0, 0.1) is 5.92 Å². The number of carbonyl (C=O) groups excluding carboxylic acids is 2. The molecule has 0 spiro atoms. The highest BCUT2D eigenvalue weighted by Crippen LogP contribution is 2.32. The third-order valence-electron chi connectivity index (χ3n) is 6.58. The van der Waals surface area contributed by atoms with E-state index in [9.17, 15) is 9.59 Å². The Labute approximate surface area is 195 Å². The SMILES string of the molecule is COc1cc(CCC2CCN(C(=O)CCN3C(=O)COc4ccccc43)CC2)cc(OC)c1. The highest BCUT2D eigenvalue weighted by molar-refractivity contribution is 5.98. The fourth-order valence-corrected chi connectivity index (χ4v) is 4.62. The quantitative estimate of drug-likeness (QED) is 0.611. The first-order valence-electron chi connectivity index (χ1n) is 11.6. The number of piperidine rings is 1. The maximum Gasteiger partial charge on any atom is 0.265 e. The second kappa shape index (κ2) is 10.6. The molecule has 0 atom stereocenters. The van der Waals surface area contributed by atoms with Crippen molar-refractivity contribution in [2.75, 3.05) is 45.4 Å². The van der Waals surface area contributed by atoms with Crippen LogP contribution in [0.15, 0.2) is 42.5 Å². The van der Waals surface area contributed by atoms with Gasteiger partial charge in [-0.25, -0.2) is 0 Å². The minimum Gasteiger partial charge on any atom is -0.497 e. The molecule has 2 aliphatic rings. The number of para-hydroxylation sites is 2. The lowest BCUT2D eigenvalue weighted by Crippen LogP contribution is -2.43. The summed E-state index contributed by atoms with van der Waals surface area (Å²) in [6.07, 6.45) is 4.38. The molecular weight excluding hydrogens is 420 g/mol. The molecule has 176 valence electrons. The smallest absolute Gasteiger partial charge is 0.265 e. The van der Waals surface area contributed by atoms with Gasteiger partial charge in [0.2, 0.25) is 5.91 Å². The van der Waals surface area contributed by atoms with Crippen molar-refractivity contribution in [1.82, 2.24) is 4.90 Å². The number of amides is 2. The molecule has 0 radical (unpaired) electrons. The average molecular weight is 453 g/mol. The number of fused-ring (bicyclic) bond motifs is 1. The zero-order valence-corrected chi connectivity index (χ0v) is 19.4. The first kappa shape index (κ1) is 23.0. The third kappa shape index (κ3) is 5.59. The summed E-state index contributed by atoms with van der Waals surface area (Å²) in [6, 6.07) is 13.5. The number of anilines is 1. The van der Waals surface area contributed by atoms with Crippen LogP contribution in [0.3, 0.4) is 0 Å². The van der Waals surface area contributed by atoms with E-state index >= 15 is 0 Å². The van der Waals surface area contributed by atoms with E-state index in [4.69, 9.17) is 14.2 Å². The summed E-state index contributed by atoms with van der Waals surface area (Å²) in [5.74, 6) is 2.92. The zero-order valence-electron chi connectivity index (χ0n) is 19.4. The minimum atomic E-state index is -0.102. The molecule has 4 rings (SSSR count). The highest BCUT2D eigenvalue weighted by Gasteiger charge is 2.27. The molecule has 0 aliphatic carbocycles. The number of ether oxygens (including phenoxy) is 3. The molecule has 33 heavy (non-hydrogen) atoms. The molecule has 7 nitrogen and oxygen atoms in total. The van der Waals surface area contributed by atoms with Crippen molar-refractivity contribution < 1.29 is 23.8 Å². The van der Waals surface area contributed by atoms with Gasteiger partial charge in [0.25, 0.3) is 5.91 Å². The summed E-state index contributed by atoms with van der Waals surface area (Å²) in [6.45, 7) is 1.96. The van der Waals surface area contributed by atoms with Crippen molar-refractivity contribution in [1.29, 1.82) is 0 Å². The van der Waals surface area contributed by atoms with E-state index in [1.54, 1.807) is 19.1 Å². The van der Waals surface area contributed by atoms with Crippen LogP contribution < -0.4 is 19.1 Å². The predicted molar refractivity (Wildman–Crippen MR) is 126 cm³/mol. The zero-order chi connectivity index (χ0) is 23.2. The third-order valence-corrected chi connectivity index (χ3v) is 6.58. The Morgan fingerprint density at radius 3 is 2.45 bits per heavy atom. The number of hydrogen-bond acceptors (Lipinski definition) is 5. The molecule has 0 unspecified atom stereocenters. The highest BCUT2D eigenvalue weighted by atomic mass is 16.5. The van der Waals surface area contributed by atoms with Gasteiger partial charge in [0.05, 0.1) is 19.9 Å². The Morgan fingerprint density at radius 1 is 1.06 bits per heavy atom. The molecule has 0 bridgehead atoms. The summed E-state index contributed by atoms with van der Waals surface area (Å²) < 4.78 is 16.2. The second-order valence-corrected chi connectivity index (χ2v) is 8.64. The fourth-order valence-electron chi connectivity index (χ4n) is 4.62. The lowest BCUT2D eigenvalue weighted by molar-refractivity contribution is -0.132. The molecule has 2 aromatic rings. The van der Waals surface area contributed by atoms with Crippen LogP contribution in [0.4, 0.5) is 5.69 Å². The maximum absolute atomic E-state index is 12.8. The van der Waals surface area contributed by atoms with E-state index in [1.165, 1.54) is 5.56 Å². The average Bonchev–Trinajstić information content (AvgIpc) is 2.86. The molecular formula is C26H32N2O5. The van der Waals surface area contributed by atoms with Crippen LogP contribution in [-0.2, 0) is 16.0 Å². The first-order chi connectivity index (χ1) is 16.1. The molecule has 2 amide bonds. The van der Waals surface area contributed by atoms with Gasteiger partial charge in [-0.3, -0.25) is 9.59 Å². The summed E-state index contributed by atoms with van der Waals surface area (Å²) in [4.78, 5) is 28.8. The first-order valence-corrected chi connectivity index (χ1v) is 11.6. The van der Waals surface area contributed by atoms with E-state index in [0.29, 0.717) is 24.6 Å². The molecule has 2 heterocycles. The van der Waals surface area contributed by atoms with Gasteiger partial charge in [0.1, 0.15) is 17.2 Å². The van der Waals surface area contributed by atoms with Crippen LogP contribution in [0.25, 0.3) is 0 Å². The molecule has 1 fully saturated rings. The number of benzene rings is 2. The largest absolute Gasteiger partial charge is 0.497 e. The van der Waals surface area contributed by atoms with Crippen molar-refractivity contribution in [3.63, 3.8) is 0 Å². The predicted octanol–water partition coefficient (Wildman–Crippen LogP) is 3.69. The van der Waals surface area contributed by atoms with Gasteiger partial charge in [-0.1, -0.05) is 12.1 Å². The molecule has 1 saturated heterocycles. The van der Waals surface area contributed by atoms with Crippen LogP contribution in [-0.4, -0.2) is 57.2 Å². The number of rotatable bonds is 8. The van der Waals surface area contributed by atoms with Crippen molar-refractivity contribution in [2.24, 2.45) is 5.92 Å². The molecule has 2 aromatic carbocycles. The number of nitrogens with zero attached hydrogens (tertiary/aromatic N) is 2. The number of methoxy groups -OCH3 is 2. The number of aryl methyl sites for hydroxylation is 1. The van der Waals surface area contributed by atoms with Crippen LogP contribution in [0.5, 0.6) is 17.2 Å². The van der Waals surface area contributed by atoms with E-state index in [1.807, 2.05) is 35.2 Å². The molecule has 0 saturated carbocycles. The standard InChI is InChI=1S/C26H32N2O5/c1-31-21-15-20(16-22(17-21)32-2)8-7-19-9-12-27(13-10-19)25(29)11-14-28-23-5-3-4-6-24(23)33-18-26(28)30/h3-6,15-17,19H,7-14,18H2,1-2H3. The van der Waals surface area contributed by atoms with Gasteiger partial charge in [0, 0.05) is 32.1 Å². The van der Waals surface area contributed by atoms with Gasteiger partial charge < -0.3 is 24.0 Å². The minimum absolute atomic E-state index is 0.0236. The van der Waals surface area contributed by atoms with Gasteiger partial charge in [-0.2, -0.15) is 0 Å². The number of likely N-dealkylation sites (tertiary alicyclic amines) is 1. The van der Waals surface area contributed by atoms with E-state index in [-0.39, 0.29) is 18.4 Å². The summed E-state index contributed by atoms with van der Waals surface area (Å²) in [5.41, 5.74) is 1.95. The Morgan fingerprint density at radius 2 is 1.76 bits per heavy atom. The lowest BCUT2D eigenvalue weighted by atomic mass is 9.90. The van der Waals surface area contributed by atoms with Gasteiger partial charge in [-0.05, 0) is 61.4 Å². The van der Waals surface area contributed by atoms with Crippen LogP contribution in [0.1, 0.15) is 31.2 Å². The molecule has 7 heteroatoms. The molecule has 0 N–H and O–H groups in total. The molecule has 2 aliphatic heterocycles. The number of hydrogen-bond donors (Lipinski definition) is 0. The monoisotopic (exact) mass is 452 g/mol. The van der Waals surface area contributed by atoms with Crippen LogP contribution in [0.2, 0.25) is 0 Å². The molecule has 0 aromatic heterocycles. The summed E-state index contributed by atoms with van der Waals surface area (Å²) >= 11 is 0. The van der Waals surface area contributed by atoms with E-state index in [2.05, 4.69) is 12.1 Å².